The summed E-state index contributed by atoms with van der Waals surface area (Å²) in [5.74, 6) is 0.272. The second-order valence-corrected chi connectivity index (χ2v) is 6.20. The molecule has 0 aliphatic carbocycles. The quantitative estimate of drug-likeness (QED) is 0.558. The van der Waals surface area contributed by atoms with E-state index in [0.29, 0.717) is 16.6 Å². The minimum absolute atomic E-state index is 0.272. The summed E-state index contributed by atoms with van der Waals surface area (Å²) in [7, 11) is 0. The Bertz CT molecular complexity index is 1140. The van der Waals surface area contributed by atoms with Crippen LogP contribution in [0.5, 0.6) is 0 Å². The topological polar surface area (TPSA) is 60.9 Å². The lowest BCUT2D eigenvalue weighted by Gasteiger charge is -2.08. The molecule has 5 nitrogen and oxygen atoms in total. The monoisotopic (exact) mass is 331 g/mol. The molecular formula is C20H17N3O2. The standard InChI is InChI=1S/C20H17N3O2/c1-12-9-13(2)18-16(10-12)20(24)25-19(21-18)17-11-14(3)22-23(17)15-7-5-4-6-8-15/h4-11H,1-3H3. The third-order valence-corrected chi connectivity index (χ3v) is 4.12. The maximum atomic E-state index is 12.5. The van der Waals surface area contributed by atoms with Crippen LogP contribution in [0, 0.1) is 20.8 Å². The van der Waals surface area contributed by atoms with E-state index in [-0.39, 0.29) is 11.5 Å². The van der Waals surface area contributed by atoms with E-state index in [1.807, 2.05) is 69.3 Å². The van der Waals surface area contributed by atoms with Gasteiger partial charge in [0.05, 0.1) is 22.3 Å². The molecular weight excluding hydrogens is 314 g/mol. The number of rotatable bonds is 2. The number of hydrogen-bond donors (Lipinski definition) is 0. The fourth-order valence-corrected chi connectivity index (χ4v) is 3.06. The average molecular weight is 331 g/mol. The highest BCUT2D eigenvalue weighted by Crippen LogP contribution is 2.24. The Morgan fingerprint density at radius 3 is 2.52 bits per heavy atom. The third-order valence-electron chi connectivity index (χ3n) is 4.12. The van der Waals surface area contributed by atoms with E-state index in [0.717, 1.165) is 22.5 Å². The molecule has 0 unspecified atom stereocenters. The Kier molecular flexibility index (Phi) is 3.50. The number of fused-ring (bicyclic) bond motifs is 1. The summed E-state index contributed by atoms with van der Waals surface area (Å²) in [6.07, 6.45) is 0. The average Bonchev–Trinajstić information content (AvgIpc) is 2.98. The van der Waals surface area contributed by atoms with Gasteiger partial charge in [0.25, 0.3) is 0 Å². The number of hydrogen-bond acceptors (Lipinski definition) is 4. The predicted molar refractivity (Wildman–Crippen MR) is 97.0 cm³/mol. The largest absolute Gasteiger partial charge is 0.401 e. The van der Waals surface area contributed by atoms with Crippen LogP contribution in [0.1, 0.15) is 16.8 Å². The Labute approximate surface area is 144 Å². The van der Waals surface area contributed by atoms with E-state index < -0.39 is 0 Å². The SMILES string of the molecule is Cc1cc(C)c2nc(-c3cc(C)nn3-c3ccccc3)oc(=O)c2c1. The summed E-state index contributed by atoms with van der Waals surface area (Å²) in [4.78, 5) is 17.1. The molecule has 2 aromatic heterocycles. The molecule has 0 radical (unpaired) electrons. The molecule has 124 valence electrons. The van der Waals surface area contributed by atoms with Gasteiger partial charge in [-0.25, -0.2) is 14.5 Å². The molecule has 0 fully saturated rings. The molecule has 0 amide bonds. The van der Waals surface area contributed by atoms with Gasteiger partial charge in [-0.15, -0.1) is 0 Å². The first-order valence-corrected chi connectivity index (χ1v) is 8.07. The van der Waals surface area contributed by atoms with E-state index >= 15 is 0 Å². The zero-order valence-electron chi connectivity index (χ0n) is 14.3. The fraction of sp³-hybridized carbons (Fsp3) is 0.150. The zero-order valence-corrected chi connectivity index (χ0v) is 14.3. The zero-order chi connectivity index (χ0) is 17.6. The first-order chi connectivity index (χ1) is 12.0. The second kappa shape index (κ2) is 5.70. The Morgan fingerprint density at radius 2 is 1.76 bits per heavy atom. The molecule has 4 aromatic rings. The molecule has 0 bridgehead atoms. The number of para-hydroxylation sites is 1. The fourth-order valence-electron chi connectivity index (χ4n) is 3.06. The highest BCUT2D eigenvalue weighted by Gasteiger charge is 2.16. The van der Waals surface area contributed by atoms with Crippen LogP contribution in [-0.4, -0.2) is 14.8 Å². The maximum Gasteiger partial charge on any atom is 0.347 e. The smallest absolute Gasteiger partial charge is 0.347 e. The van der Waals surface area contributed by atoms with Crippen LogP contribution in [0.25, 0.3) is 28.2 Å². The molecule has 0 aliphatic heterocycles. The van der Waals surface area contributed by atoms with E-state index in [1.54, 1.807) is 4.68 Å². The van der Waals surface area contributed by atoms with Crippen LogP contribution in [0.3, 0.4) is 0 Å². The van der Waals surface area contributed by atoms with Crippen molar-refractivity contribution in [1.82, 2.24) is 14.8 Å². The Morgan fingerprint density at radius 1 is 1.00 bits per heavy atom. The first-order valence-electron chi connectivity index (χ1n) is 8.07. The van der Waals surface area contributed by atoms with Gasteiger partial charge >= 0.3 is 5.63 Å². The summed E-state index contributed by atoms with van der Waals surface area (Å²) in [6, 6.07) is 15.4. The normalized spacial score (nSPS) is 11.2. The van der Waals surface area contributed by atoms with Crippen LogP contribution < -0.4 is 5.63 Å². The van der Waals surface area contributed by atoms with Gasteiger partial charge in [-0.3, -0.25) is 0 Å². The van der Waals surface area contributed by atoms with Gasteiger partial charge < -0.3 is 4.42 Å². The van der Waals surface area contributed by atoms with Crippen molar-refractivity contribution >= 4 is 10.9 Å². The lowest BCUT2D eigenvalue weighted by Crippen LogP contribution is -2.07. The molecule has 0 aliphatic rings. The summed E-state index contributed by atoms with van der Waals surface area (Å²) in [5, 5.41) is 5.02. The van der Waals surface area contributed by atoms with Crippen molar-refractivity contribution < 1.29 is 4.42 Å². The highest BCUT2D eigenvalue weighted by atomic mass is 16.4. The molecule has 0 atom stereocenters. The molecule has 25 heavy (non-hydrogen) atoms. The van der Waals surface area contributed by atoms with Crippen LogP contribution in [0.15, 0.2) is 57.7 Å². The third kappa shape index (κ3) is 2.63. The maximum absolute atomic E-state index is 12.5. The lowest BCUT2D eigenvalue weighted by molar-refractivity contribution is 0.513. The van der Waals surface area contributed by atoms with Crippen molar-refractivity contribution in [2.45, 2.75) is 20.8 Å². The van der Waals surface area contributed by atoms with Gasteiger partial charge in [0.15, 0.2) is 0 Å². The second-order valence-electron chi connectivity index (χ2n) is 6.20. The predicted octanol–water partition coefficient (Wildman–Crippen LogP) is 3.97. The molecule has 5 heteroatoms. The Balaban J connectivity index is 1.99. The minimum atomic E-state index is -0.384. The number of aromatic nitrogens is 3. The van der Waals surface area contributed by atoms with Gasteiger partial charge in [-0.2, -0.15) is 5.10 Å². The van der Waals surface area contributed by atoms with Crippen molar-refractivity contribution in [1.29, 1.82) is 0 Å². The molecule has 0 N–H and O–H groups in total. The van der Waals surface area contributed by atoms with Gasteiger partial charge in [0.2, 0.25) is 5.89 Å². The van der Waals surface area contributed by atoms with Crippen molar-refractivity contribution in [3.05, 3.63) is 75.8 Å². The van der Waals surface area contributed by atoms with E-state index in [1.165, 1.54) is 0 Å². The highest BCUT2D eigenvalue weighted by molar-refractivity contribution is 5.82. The van der Waals surface area contributed by atoms with Crippen LogP contribution in [0.4, 0.5) is 0 Å². The molecule has 0 spiro atoms. The molecule has 4 rings (SSSR count). The van der Waals surface area contributed by atoms with Crippen LogP contribution >= 0.6 is 0 Å². The van der Waals surface area contributed by atoms with Gasteiger partial charge in [-0.05, 0) is 56.2 Å². The van der Waals surface area contributed by atoms with Crippen molar-refractivity contribution in [2.24, 2.45) is 0 Å². The minimum Gasteiger partial charge on any atom is -0.401 e. The Hall–Kier alpha value is -3.21. The summed E-state index contributed by atoms with van der Waals surface area (Å²) >= 11 is 0. The molecule has 2 heterocycles. The number of benzene rings is 2. The molecule has 0 saturated heterocycles. The van der Waals surface area contributed by atoms with Crippen molar-refractivity contribution in [2.75, 3.05) is 0 Å². The lowest BCUT2D eigenvalue weighted by atomic mass is 10.1. The van der Waals surface area contributed by atoms with E-state index in [9.17, 15) is 4.79 Å². The van der Waals surface area contributed by atoms with Crippen LogP contribution in [-0.2, 0) is 0 Å². The van der Waals surface area contributed by atoms with E-state index in [4.69, 9.17) is 4.42 Å². The van der Waals surface area contributed by atoms with Crippen molar-refractivity contribution in [3.63, 3.8) is 0 Å². The summed E-state index contributed by atoms with van der Waals surface area (Å²) < 4.78 is 7.28. The van der Waals surface area contributed by atoms with Gasteiger partial charge in [0, 0.05) is 0 Å². The van der Waals surface area contributed by atoms with Crippen LogP contribution in [0.2, 0.25) is 0 Å². The first kappa shape index (κ1) is 15.3. The molecule has 2 aromatic carbocycles. The summed E-state index contributed by atoms with van der Waals surface area (Å²) in [6.45, 7) is 5.80. The summed E-state index contributed by atoms with van der Waals surface area (Å²) in [5.41, 5.74) is 4.60. The molecule has 0 saturated carbocycles. The van der Waals surface area contributed by atoms with E-state index in [2.05, 4.69) is 10.1 Å². The van der Waals surface area contributed by atoms with Crippen molar-refractivity contribution in [3.8, 4) is 17.3 Å². The van der Waals surface area contributed by atoms with Gasteiger partial charge in [0.1, 0.15) is 5.69 Å². The van der Waals surface area contributed by atoms with Gasteiger partial charge in [-0.1, -0.05) is 24.3 Å². The number of nitrogens with zero attached hydrogens (tertiary/aromatic N) is 3. The number of aryl methyl sites for hydroxylation is 3.